The third-order valence-corrected chi connectivity index (χ3v) is 5.43. The number of anilines is 1. The molecule has 5 heteroatoms. The maximum Gasteiger partial charge on any atom is 0.159 e. The monoisotopic (exact) mass is 395 g/mol. The van der Waals surface area contributed by atoms with E-state index in [9.17, 15) is 10.1 Å². The average molecular weight is 395 g/mol. The molecule has 0 saturated heterocycles. The summed E-state index contributed by atoms with van der Waals surface area (Å²) in [5.74, 6) is -0.00177. The van der Waals surface area contributed by atoms with Crippen molar-refractivity contribution in [1.82, 2.24) is 4.98 Å². The summed E-state index contributed by atoms with van der Waals surface area (Å²) < 4.78 is 0. The van der Waals surface area contributed by atoms with Gasteiger partial charge in [-0.2, -0.15) is 5.26 Å². The minimum Gasteiger partial charge on any atom is -0.360 e. The molecule has 0 fully saturated rings. The molecule has 0 saturated carbocycles. The molecule has 0 radical (unpaired) electrons. The van der Waals surface area contributed by atoms with Crippen LogP contribution in [0.4, 0.5) is 5.69 Å². The Labute approximate surface area is 172 Å². The number of Topliss-reactive ketones (excluding diaryl/α,β-unsaturated/α-hetero) is 1. The fraction of sp³-hybridized carbons (Fsp3) is 0.0417. The van der Waals surface area contributed by atoms with Crippen LogP contribution in [0.15, 0.2) is 78.3 Å². The number of carbonyl (C=O) groups is 1. The lowest BCUT2D eigenvalue weighted by Gasteiger charge is -2.03. The first kappa shape index (κ1) is 18.6. The summed E-state index contributed by atoms with van der Waals surface area (Å²) in [4.78, 5) is 16.2. The SMILES string of the molecule is CC(=O)c1cccc(N/C=C(/C#N)c2nc(-c3ccc4ccccc4c3)cs2)c1. The Kier molecular flexibility index (Phi) is 5.19. The third kappa shape index (κ3) is 4.08. The van der Waals surface area contributed by atoms with E-state index in [4.69, 9.17) is 0 Å². The Morgan fingerprint density at radius 2 is 1.90 bits per heavy atom. The number of hydrogen-bond donors (Lipinski definition) is 1. The van der Waals surface area contributed by atoms with Crippen molar-refractivity contribution in [2.45, 2.75) is 6.92 Å². The average Bonchev–Trinajstić information content (AvgIpc) is 3.24. The van der Waals surface area contributed by atoms with Crippen LogP contribution < -0.4 is 5.32 Å². The molecule has 0 atom stereocenters. The second kappa shape index (κ2) is 8.09. The van der Waals surface area contributed by atoms with Crippen molar-refractivity contribution in [3.05, 3.63) is 88.9 Å². The summed E-state index contributed by atoms with van der Waals surface area (Å²) in [6.07, 6.45) is 1.63. The van der Waals surface area contributed by atoms with Gasteiger partial charge in [0.25, 0.3) is 0 Å². The molecular formula is C24H17N3OS. The number of aromatic nitrogens is 1. The Balaban J connectivity index is 1.59. The van der Waals surface area contributed by atoms with Gasteiger partial charge in [0, 0.05) is 28.4 Å². The van der Waals surface area contributed by atoms with E-state index >= 15 is 0 Å². The fourth-order valence-electron chi connectivity index (χ4n) is 3.00. The maximum absolute atomic E-state index is 11.5. The number of nitrogens with zero attached hydrogens (tertiary/aromatic N) is 2. The van der Waals surface area contributed by atoms with Crippen LogP contribution in [-0.4, -0.2) is 10.8 Å². The number of nitrogens with one attached hydrogen (secondary N) is 1. The zero-order chi connectivity index (χ0) is 20.2. The highest BCUT2D eigenvalue weighted by Gasteiger charge is 2.10. The largest absolute Gasteiger partial charge is 0.360 e. The third-order valence-electron chi connectivity index (χ3n) is 4.55. The van der Waals surface area contributed by atoms with Crippen LogP contribution in [0.25, 0.3) is 27.6 Å². The highest BCUT2D eigenvalue weighted by Crippen LogP contribution is 2.28. The van der Waals surface area contributed by atoms with Crippen molar-refractivity contribution in [2.75, 3.05) is 5.32 Å². The molecule has 1 heterocycles. The number of ketones is 1. The fourth-order valence-corrected chi connectivity index (χ4v) is 3.80. The molecule has 4 nitrogen and oxygen atoms in total. The van der Waals surface area contributed by atoms with Crippen LogP contribution in [-0.2, 0) is 0 Å². The highest BCUT2D eigenvalue weighted by atomic mass is 32.1. The van der Waals surface area contributed by atoms with Crippen LogP contribution >= 0.6 is 11.3 Å². The number of rotatable bonds is 5. The topological polar surface area (TPSA) is 65.8 Å². The van der Waals surface area contributed by atoms with Gasteiger partial charge in [-0.15, -0.1) is 11.3 Å². The van der Waals surface area contributed by atoms with Gasteiger partial charge in [0.05, 0.1) is 5.69 Å². The normalized spacial score (nSPS) is 11.2. The van der Waals surface area contributed by atoms with Crippen molar-refractivity contribution >= 4 is 39.2 Å². The minimum absolute atomic E-state index is 0.00177. The maximum atomic E-state index is 11.5. The van der Waals surface area contributed by atoms with E-state index in [1.165, 1.54) is 23.6 Å². The van der Waals surface area contributed by atoms with Crippen LogP contribution in [0.3, 0.4) is 0 Å². The Bertz CT molecular complexity index is 1280. The van der Waals surface area contributed by atoms with Crippen LogP contribution in [0.2, 0.25) is 0 Å². The molecule has 29 heavy (non-hydrogen) atoms. The molecule has 1 aromatic heterocycles. The number of allylic oxidation sites excluding steroid dienone is 1. The first-order valence-electron chi connectivity index (χ1n) is 9.07. The zero-order valence-corrected chi connectivity index (χ0v) is 16.5. The van der Waals surface area contributed by atoms with Gasteiger partial charge in [0.15, 0.2) is 5.78 Å². The van der Waals surface area contributed by atoms with E-state index < -0.39 is 0 Å². The van der Waals surface area contributed by atoms with Gasteiger partial charge in [0.1, 0.15) is 16.6 Å². The Hall–Kier alpha value is -3.75. The van der Waals surface area contributed by atoms with Gasteiger partial charge >= 0.3 is 0 Å². The summed E-state index contributed by atoms with van der Waals surface area (Å²) in [5, 5.41) is 17.6. The van der Waals surface area contributed by atoms with E-state index in [0.29, 0.717) is 16.1 Å². The molecular weight excluding hydrogens is 378 g/mol. The smallest absolute Gasteiger partial charge is 0.159 e. The lowest BCUT2D eigenvalue weighted by molar-refractivity contribution is 0.101. The molecule has 4 rings (SSSR count). The van der Waals surface area contributed by atoms with Gasteiger partial charge in [-0.1, -0.05) is 48.5 Å². The van der Waals surface area contributed by atoms with E-state index in [1.807, 2.05) is 29.6 Å². The molecule has 3 aromatic carbocycles. The van der Waals surface area contributed by atoms with Gasteiger partial charge < -0.3 is 5.32 Å². The second-order valence-corrected chi connectivity index (χ2v) is 7.41. The molecule has 0 aliphatic carbocycles. The molecule has 0 aliphatic heterocycles. The van der Waals surface area contributed by atoms with Crippen LogP contribution in [0, 0.1) is 11.3 Å². The van der Waals surface area contributed by atoms with Crippen LogP contribution in [0.1, 0.15) is 22.3 Å². The lowest BCUT2D eigenvalue weighted by atomic mass is 10.1. The van der Waals surface area contributed by atoms with Crippen molar-refractivity contribution in [3.8, 4) is 17.3 Å². The van der Waals surface area contributed by atoms with Crippen LogP contribution in [0.5, 0.6) is 0 Å². The van der Waals surface area contributed by atoms with Gasteiger partial charge in [-0.25, -0.2) is 4.98 Å². The summed E-state index contributed by atoms with van der Waals surface area (Å²) in [6.45, 7) is 1.53. The van der Waals surface area contributed by atoms with Crippen molar-refractivity contribution in [3.63, 3.8) is 0 Å². The van der Waals surface area contributed by atoms with Crippen molar-refractivity contribution in [2.24, 2.45) is 0 Å². The summed E-state index contributed by atoms with van der Waals surface area (Å²) in [7, 11) is 0. The van der Waals surface area contributed by atoms with E-state index in [-0.39, 0.29) is 5.78 Å². The summed E-state index contributed by atoms with van der Waals surface area (Å²) in [5.41, 5.74) is 3.67. The molecule has 0 spiro atoms. The lowest BCUT2D eigenvalue weighted by Crippen LogP contribution is -1.95. The van der Waals surface area contributed by atoms with E-state index in [0.717, 1.165) is 22.3 Å². The molecule has 0 bridgehead atoms. The first-order chi connectivity index (χ1) is 14.1. The first-order valence-corrected chi connectivity index (χ1v) is 9.95. The highest BCUT2D eigenvalue weighted by molar-refractivity contribution is 7.11. The second-order valence-electron chi connectivity index (χ2n) is 6.55. The van der Waals surface area contributed by atoms with Crippen molar-refractivity contribution in [1.29, 1.82) is 5.26 Å². The minimum atomic E-state index is -0.00177. The quantitative estimate of drug-likeness (QED) is 0.325. The number of carbonyl (C=O) groups excluding carboxylic acids is 1. The number of nitriles is 1. The molecule has 4 aromatic rings. The van der Waals surface area contributed by atoms with Crippen molar-refractivity contribution < 1.29 is 4.79 Å². The predicted molar refractivity (Wildman–Crippen MR) is 119 cm³/mol. The standard InChI is InChI=1S/C24H17N3OS/c1-16(28)18-7-4-8-22(12-18)26-14-21(13-25)24-27-23(15-29-24)20-10-9-17-5-2-3-6-19(17)11-20/h2-12,14-15,26H,1H3/b21-14-. The summed E-state index contributed by atoms with van der Waals surface area (Å²) >= 11 is 1.43. The molecule has 0 amide bonds. The van der Waals surface area contributed by atoms with Gasteiger partial charge in [-0.05, 0) is 35.9 Å². The number of hydrogen-bond acceptors (Lipinski definition) is 5. The zero-order valence-electron chi connectivity index (χ0n) is 15.7. The number of fused-ring (bicyclic) bond motifs is 1. The number of benzene rings is 3. The van der Waals surface area contributed by atoms with E-state index in [2.05, 4.69) is 40.6 Å². The van der Waals surface area contributed by atoms with Gasteiger partial charge in [0.2, 0.25) is 0 Å². The van der Waals surface area contributed by atoms with E-state index in [1.54, 1.807) is 24.4 Å². The number of thiazole rings is 1. The van der Waals surface area contributed by atoms with Gasteiger partial charge in [-0.3, -0.25) is 4.79 Å². The molecule has 140 valence electrons. The Morgan fingerprint density at radius 1 is 1.07 bits per heavy atom. The molecule has 0 aliphatic rings. The molecule has 1 N–H and O–H groups in total. The Morgan fingerprint density at radius 3 is 2.69 bits per heavy atom. The predicted octanol–water partition coefficient (Wildman–Crippen LogP) is 6.14. The molecule has 0 unspecified atom stereocenters. The summed E-state index contributed by atoms with van der Waals surface area (Å²) in [6, 6.07) is 23.8.